The number of hydrogen-bond donors (Lipinski definition) is 1. The number of hydrogen-bond acceptors (Lipinski definition) is 6. The summed E-state index contributed by atoms with van der Waals surface area (Å²) in [5, 5.41) is 15.7. The standard InChI is InChI=1S/C30H24Cl2N2O4S/c1-16(2)27-21(26(34-38-27)24-22(31)10-7-11-23(24)32)15-37-19-12-13-20(17(3)14-19)29-33-25(28(39-29)30(35)36)18-8-5-4-6-9-18/h4-14,16H,15H2,1-3H3,(H,35,36). The highest BCUT2D eigenvalue weighted by atomic mass is 35.5. The smallest absolute Gasteiger partial charge is 0.348 e. The van der Waals surface area contributed by atoms with Crippen LogP contribution in [0.5, 0.6) is 5.75 Å². The Morgan fingerprint density at radius 2 is 1.74 bits per heavy atom. The molecule has 0 bridgehead atoms. The quantitative estimate of drug-likeness (QED) is 0.197. The Balaban J connectivity index is 1.44. The van der Waals surface area contributed by atoms with Gasteiger partial charge in [0.15, 0.2) is 0 Å². The van der Waals surface area contributed by atoms with Crippen LogP contribution in [0.4, 0.5) is 0 Å². The number of benzene rings is 3. The summed E-state index contributed by atoms with van der Waals surface area (Å²) in [7, 11) is 0. The van der Waals surface area contributed by atoms with Crippen molar-refractivity contribution in [3.8, 4) is 38.8 Å². The lowest BCUT2D eigenvalue weighted by Crippen LogP contribution is -2.01. The van der Waals surface area contributed by atoms with E-state index in [-0.39, 0.29) is 17.4 Å². The van der Waals surface area contributed by atoms with Crippen molar-refractivity contribution in [3.63, 3.8) is 0 Å². The number of halogens is 2. The zero-order valence-electron chi connectivity index (χ0n) is 21.4. The van der Waals surface area contributed by atoms with E-state index in [2.05, 4.69) is 5.16 Å². The van der Waals surface area contributed by atoms with Gasteiger partial charge in [-0.2, -0.15) is 0 Å². The van der Waals surface area contributed by atoms with Crippen molar-refractivity contribution in [1.29, 1.82) is 0 Å². The Kier molecular flexibility index (Phi) is 7.75. The van der Waals surface area contributed by atoms with Crippen molar-refractivity contribution in [2.75, 3.05) is 0 Å². The van der Waals surface area contributed by atoms with Crippen molar-refractivity contribution >= 4 is 40.5 Å². The third kappa shape index (κ3) is 5.43. The Morgan fingerprint density at radius 3 is 2.38 bits per heavy atom. The molecule has 9 heteroatoms. The molecule has 198 valence electrons. The van der Waals surface area contributed by atoms with Crippen LogP contribution in [-0.2, 0) is 6.61 Å². The van der Waals surface area contributed by atoms with Gasteiger partial charge in [-0.3, -0.25) is 0 Å². The molecule has 0 unspecified atom stereocenters. The van der Waals surface area contributed by atoms with Gasteiger partial charge in [0.25, 0.3) is 0 Å². The number of carbonyl (C=O) groups is 1. The number of aromatic nitrogens is 2. The first kappa shape index (κ1) is 26.9. The highest BCUT2D eigenvalue weighted by Crippen LogP contribution is 2.40. The average Bonchev–Trinajstić information content (AvgIpc) is 3.53. The lowest BCUT2D eigenvalue weighted by Gasteiger charge is -2.12. The van der Waals surface area contributed by atoms with Crippen LogP contribution in [-0.4, -0.2) is 21.2 Å². The van der Waals surface area contributed by atoms with Crippen molar-refractivity contribution in [2.24, 2.45) is 0 Å². The lowest BCUT2D eigenvalue weighted by molar-refractivity contribution is 0.0702. The van der Waals surface area contributed by atoms with E-state index in [1.807, 2.05) is 69.3 Å². The predicted octanol–water partition coefficient (Wildman–Crippen LogP) is 9.15. The summed E-state index contributed by atoms with van der Waals surface area (Å²) in [5.74, 6) is 0.412. The number of aromatic carboxylic acids is 1. The number of carboxylic acids is 1. The van der Waals surface area contributed by atoms with E-state index in [0.717, 1.165) is 33.6 Å². The zero-order valence-corrected chi connectivity index (χ0v) is 23.7. The largest absolute Gasteiger partial charge is 0.489 e. The van der Waals surface area contributed by atoms with E-state index in [9.17, 15) is 9.90 Å². The molecule has 2 aromatic heterocycles. The minimum absolute atomic E-state index is 0.0716. The molecule has 5 aromatic rings. The molecule has 0 aliphatic heterocycles. The summed E-state index contributed by atoms with van der Waals surface area (Å²) in [4.78, 5) is 16.8. The maximum Gasteiger partial charge on any atom is 0.348 e. The molecule has 39 heavy (non-hydrogen) atoms. The van der Waals surface area contributed by atoms with Gasteiger partial charge in [0.1, 0.15) is 33.7 Å². The Hall–Kier alpha value is -3.65. The molecule has 0 aliphatic carbocycles. The zero-order chi connectivity index (χ0) is 27.7. The lowest BCUT2D eigenvalue weighted by atomic mass is 10.0. The monoisotopic (exact) mass is 578 g/mol. The first-order valence-electron chi connectivity index (χ1n) is 12.2. The molecule has 0 fully saturated rings. The van der Waals surface area contributed by atoms with Gasteiger partial charge in [0.2, 0.25) is 0 Å². The third-order valence-electron chi connectivity index (χ3n) is 6.22. The summed E-state index contributed by atoms with van der Waals surface area (Å²) >= 11 is 14.1. The van der Waals surface area contributed by atoms with Gasteiger partial charge >= 0.3 is 5.97 Å². The second-order valence-electron chi connectivity index (χ2n) is 9.26. The van der Waals surface area contributed by atoms with Gasteiger partial charge in [-0.15, -0.1) is 11.3 Å². The molecule has 2 heterocycles. The molecule has 1 N–H and O–H groups in total. The Morgan fingerprint density at radius 1 is 1.03 bits per heavy atom. The predicted molar refractivity (Wildman–Crippen MR) is 155 cm³/mol. The van der Waals surface area contributed by atoms with E-state index in [1.54, 1.807) is 18.2 Å². The van der Waals surface area contributed by atoms with E-state index in [4.69, 9.17) is 37.4 Å². The number of nitrogens with zero attached hydrogens (tertiary/aromatic N) is 2. The van der Waals surface area contributed by atoms with Gasteiger partial charge < -0.3 is 14.4 Å². The second kappa shape index (κ2) is 11.2. The summed E-state index contributed by atoms with van der Waals surface area (Å²) in [6.45, 7) is 6.18. The maximum absolute atomic E-state index is 11.9. The van der Waals surface area contributed by atoms with Gasteiger partial charge in [0.05, 0.1) is 21.3 Å². The SMILES string of the molecule is Cc1cc(OCc2c(-c3c(Cl)cccc3Cl)noc2C(C)C)ccc1-c1nc(-c2ccccc2)c(C(=O)O)s1. The van der Waals surface area contributed by atoms with Crippen LogP contribution in [0, 0.1) is 6.92 Å². The highest BCUT2D eigenvalue weighted by Gasteiger charge is 2.24. The summed E-state index contributed by atoms with van der Waals surface area (Å²) in [6.07, 6.45) is 0. The third-order valence-corrected chi connectivity index (χ3v) is 7.93. The topological polar surface area (TPSA) is 85.5 Å². The molecule has 0 aliphatic rings. The van der Waals surface area contributed by atoms with Crippen LogP contribution in [0.15, 0.2) is 71.3 Å². The number of thiazole rings is 1. The molecule has 0 radical (unpaired) electrons. The van der Waals surface area contributed by atoms with Gasteiger partial charge in [0, 0.05) is 22.6 Å². The summed E-state index contributed by atoms with van der Waals surface area (Å²) < 4.78 is 11.9. The van der Waals surface area contributed by atoms with E-state index < -0.39 is 5.97 Å². The Labute approximate surface area is 239 Å². The van der Waals surface area contributed by atoms with E-state index >= 15 is 0 Å². The molecular weight excluding hydrogens is 555 g/mol. The van der Waals surface area contributed by atoms with Crippen LogP contribution >= 0.6 is 34.5 Å². The van der Waals surface area contributed by atoms with Crippen LogP contribution in [0.25, 0.3) is 33.1 Å². The van der Waals surface area contributed by atoms with Crippen LogP contribution in [0.3, 0.4) is 0 Å². The second-order valence-corrected chi connectivity index (χ2v) is 11.1. The molecule has 6 nitrogen and oxygen atoms in total. The number of aryl methyl sites for hydroxylation is 1. The molecule has 3 aromatic carbocycles. The fourth-order valence-corrected chi connectivity index (χ4v) is 5.92. The van der Waals surface area contributed by atoms with Crippen LogP contribution < -0.4 is 4.74 Å². The number of rotatable bonds is 8. The fourth-order valence-electron chi connectivity index (χ4n) is 4.33. The van der Waals surface area contributed by atoms with Gasteiger partial charge in [-0.1, -0.05) is 78.6 Å². The maximum atomic E-state index is 11.9. The summed E-state index contributed by atoms with van der Waals surface area (Å²) in [6, 6.07) is 20.3. The van der Waals surface area contributed by atoms with E-state index in [0.29, 0.717) is 43.5 Å². The first-order chi connectivity index (χ1) is 18.7. The molecular formula is C30H24Cl2N2O4S. The van der Waals surface area contributed by atoms with Gasteiger partial charge in [-0.25, -0.2) is 9.78 Å². The minimum atomic E-state index is -1.00. The minimum Gasteiger partial charge on any atom is -0.489 e. The summed E-state index contributed by atoms with van der Waals surface area (Å²) in [5.41, 5.74) is 4.91. The fraction of sp³-hybridized carbons (Fsp3) is 0.167. The molecule has 0 atom stereocenters. The normalized spacial score (nSPS) is 11.2. The molecule has 0 spiro atoms. The average molecular weight is 580 g/mol. The molecule has 5 rings (SSSR count). The molecule has 0 saturated heterocycles. The van der Waals surface area contributed by atoms with Crippen molar-refractivity contribution in [3.05, 3.63) is 98.5 Å². The number of carboxylic acid groups (broad SMARTS) is 1. The number of ether oxygens (including phenoxy) is 1. The van der Waals surface area contributed by atoms with Crippen molar-refractivity contribution in [1.82, 2.24) is 10.1 Å². The van der Waals surface area contributed by atoms with Crippen molar-refractivity contribution < 1.29 is 19.2 Å². The van der Waals surface area contributed by atoms with Crippen LogP contribution in [0.2, 0.25) is 10.0 Å². The Bertz CT molecular complexity index is 1640. The molecule has 0 amide bonds. The van der Waals surface area contributed by atoms with Crippen LogP contribution in [0.1, 0.15) is 46.3 Å². The van der Waals surface area contributed by atoms with Gasteiger partial charge in [-0.05, 0) is 42.8 Å². The first-order valence-corrected chi connectivity index (χ1v) is 13.8. The van der Waals surface area contributed by atoms with Crippen molar-refractivity contribution in [2.45, 2.75) is 33.3 Å². The highest BCUT2D eigenvalue weighted by molar-refractivity contribution is 7.17. The molecule has 0 saturated carbocycles. The van der Waals surface area contributed by atoms with E-state index in [1.165, 1.54) is 0 Å².